The van der Waals surface area contributed by atoms with Crippen LogP contribution in [-0.2, 0) is 9.59 Å². The summed E-state index contributed by atoms with van der Waals surface area (Å²) in [5.74, 6) is 6.31. The highest BCUT2D eigenvalue weighted by atomic mass is 16.1. The van der Waals surface area contributed by atoms with Crippen molar-refractivity contribution < 1.29 is 9.59 Å². The highest BCUT2D eigenvalue weighted by Crippen LogP contribution is 2.58. The van der Waals surface area contributed by atoms with E-state index in [4.69, 9.17) is 0 Å². The van der Waals surface area contributed by atoms with E-state index in [1.807, 2.05) is 0 Å². The molecule has 0 aromatic carbocycles. The van der Waals surface area contributed by atoms with Crippen LogP contribution in [0.15, 0.2) is 0 Å². The molecule has 9 fully saturated rings. The lowest BCUT2D eigenvalue weighted by Crippen LogP contribution is -2.41. The molecule has 0 aromatic rings. The maximum Gasteiger partial charge on any atom is 0.164 e. The Labute approximate surface area is 567 Å². The van der Waals surface area contributed by atoms with Crippen molar-refractivity contribution in [3.8, 4) is 0 Å². The van der Waals surface area contributed by atoms with Crippen LogP contribution in [0.1, 0.15) is 271 Å². The molecule has 7 aliphatic heterocycles. The molecular weight excluding hydrogens is 1120 g/mol. The Morgan fingerprint density at radius 2 is 0.835 bits per heavy atom. The third-order valence-electron chi connectivity index (χ3n) is 21.8. The van der Waals surface area contributed by atoms with Crippen LogP contribution in [0.25, 0.3) is 0 Å². The molecular formula is C79H160N10O2. The monoisotopic (exact) mass is 1280 g/mol. The predicted molar refractivity (Wildman–Crippen MR) is 397 cm³/mol. The van der Waals surface area contributed by atoms with Crippen LogP contribution < -0.4 is 16.0 Å². The van der Waals surface area contributed by atoms with E-state index in [9.17, 15) is 9.59 Å². The summed E-state index contributed by atoms with van der Waals surface area (Å²) in [6.07, 6.45) is 15.4. The molecule has 0 aromatic heterocycles. The van der Waals surface area contributed by atoms with Gasteiger partial charge >= 0.3 is 0 Å². The molecule has 0 unspecified atom stereocenters. The van der Waals surface area contributed by atoms with Crippen molar-refractivity contribution in [3.05, 3.63) is 0 Å². The molecule has 2 saturated carbocycles. The average molecular weight is 1280 g/mol. The highest BCUT2D eigenvalue weighted by molar-refractivity contribution is 5.88. The second kappa shape index (κ2) is 39.5. The topological polar surface area (TPSA) is 92.9 Å². The van der Waals surface area contributed by atoms with Gasteiger partial charge in [0, 0.05) is 137 Å². The zero-order chi connectivity index (χ0) is 69.0. The zero-order valence-corrected chi connectivity index (χ0v) is 66.2. The normalized spacial score (nSPS) is 27.9. The van der Waals surface area contributed by atoms with Gasteiger partial charge in [-0.15, -0.1) is 0 Å². The summed E-state index contributed by atoms with van der Waals surface area (Å²) in [6, 6.07) is 7.84. The van der Waals surface area contributed by atoms with E-state index in [0.717, 1.165) is 84.7 Å². The minimum atomic E-state index is 0.0578. The number of hydrogen-bond donors (Lipinski definition) is 3. The number of hydrogen-bond acceptors (Lipinski definition) is 12. The van der Waals surface area contributed by atoms with E-state index >= 15 is 0 Å². The summed E-state index contributed by atoms with van der Waals surface area (Å²) in [4.78, 5) is 40.7. The fourth-order valence-electron chi connectivity index (χ4n) is 16.1. The molecule has 3 N–H and O–H groups in total. The van der Waals surface area contributed by atoms with Gasteiger partial charge in [0.25, 0.3) is 0 Å². The summed E-state index contributed by atoms with van der Waals surface area (Å²) in [5, 5.41) is 10.6. The lowest BCUT2D eigenvalue weighted by Gasteiger charge is -2.28. The van der Waals surface area contributed by atoms with Gasteiger partial charge in [0.15, 0.2) is 11.6 Å². The van der Waals surface area contributed by atoms with E-state index in [0.29, 0.717) is 89.6 Å². The third kappa shape index (κ3) is 30.3. The van der Waals surface area contributed by atoms with Gasteiger partial charge in [0.2, 0.25) is 0 Å². The molecule has 0 radical (unpaired) electrons. The molecule has 2 spiro atoms. The number of nitrogens with zero attached hydrogens (tertiary/aromatic N) is 7. The van der Waals surface area contributed by atoms with Gasteiger partial charge in [-0.25, -0.2) is 0 Å². The highest BCUT2D eigenvalue weighted by Gasteiger charge is 2.56. The SMILES string of the molecule is CC(C)C[C@@H]1CN(C(C)C)CC12CC2.CC(C)C[C@@H]1CN(C(C)C)CC1=O.CC(C)C[C@@]1(C)CCN(C(C)C)C1.CC(C)C[C@H]1CCN(C(C)C)C1.CC(C)N[C@@H]1CN(C(C)C)CC12CC2.CC(C)N[C@@H]1CN(C(C)C)CC1=O.CC(C)N[C@H]1CCN(C(C)C)C1. The molecule has 538 valence electrons. The average Bonchev–Trinajstić information content (AvgIpc) is 1.60. The van der Waals surface area contributed by atoms with Gasteiger partial charge in [-0.05, 0) is 239 Å². The Hall–Kier alpha value is -1.06. The van der Waals surface area contributed by atoms with Gasteiger partial charge in [-0.1, -0.05) is 104 Å². The number of carbonyl (C=O) groups is 2. The maximum atomic E-state index is 11.6. The number of Topliss-reactive ketones (excluding diaryl/α,β-unsaturated/α-hetero) is 2. The first-order chi connectivity index (χ1) is 42.2. The van der Waals surface area contributed by atoms with Gasteiger partial charge in [-0.3, -0.25) is 29.2 Å². The Bertz CT molecular complexity index is 1870. The van der Waals surface area contributed by atoms with Crippen molar-refractivity contribution in [2.75, 3.05) is 91.6 Å². The maximum absolute atomic E-state index is 11.6. The largest absolute Gasteiger partial charge is 0.310 e. The molecule has 2 aliphatic carbocycles. The Morgan fingerprint density at radius 3 is 1.24 bits per heavy atom. The molecule has 7 saturated heterocycles. The summed E-state index contributed by atoms with van der Waals surface area (Å²) >= 11 is 0. The fourth-order valence-corrected chi connectivity index (χ4v) is 16.1. The quantitative estimate of drug-likeness (QED) is 0.102. The van der Waals surface area contributed by atoms with E-state index in [-0.39, 0.29) is 6.04 Å². The number of nitrogens with one attached hydrogen (secondary N) is 3. The first kappa shape index (κ1) is 84.2. The van der Waals surface area contributed by atoms with Crippen LogP contribution in [0.4, 0.5) is 0 Å². The van der Waals surface area contributed by atoms with E-state index in [2.05, 4.69) is 251 Å². The first-order valence-electron chi connectivity index (χ1n) is 38.7. The van der Waals surface area contributed by atoms with Crippen molar-refractivity contribution in [1.82, 2.24) is 50.2 Å². The summed E-state index contributed by atoms with van der Waals surface area (Å²) in [5.41, 5.74) is 2.03. The fraction of sp³-hybridized carbons (Fsp3) is 0.975. The van der Waals surface area contributed by atoms with E-state index in [1.165, 1.54) is 130 Å². The van der Waals surface area contributed by atoms with Gasteiger partial charge in [0.05, 0.1) is 19.1 Å². The molecule has 0 bridgehead atoms. The van der Waals surface area contributed by atoms with Crippen LogP contribution in [0.2, 0.25) is 0 Å². The van der Waals surface area contributed by atoms with Crippen LogP contribution in [0, 0.1) is 57.7 Å². The summed E-state index contributed by atoms with van der Waals surface area (Å²) in [6.45, 7) is 81.9. The predicted octanol–water partition coefficient (Wildman–Crippen LogP) is 15.0. The van der Waals surface area contributed by atoms with Crippen molar-refractivity contribution in [2.45, 2.75) is 350 Å². The molecule has 7 atom stereocenters. The minimum Gasteiger partial charge on any atom is -0.310 e. The lowest BCUT2D eigenvalue weighted by atomic mass is 9.81. The standard InChI is InChI=1S/C13H25N.C12H24N2.C12H25N.C11H21NO.C11H23N.C10H20N2O.C10H22N2/c1-10(2)7-12-8-14(11(3)4)9-13(12)5-6-13;1-9(2)13-11-7-14(10(3)4)8-12(11)5-6-12;1-10(2)8-12(5)6-7-13(9-12)11(3)4;1-8(2)5-10-6-12(9(3)4)7-11(10)13;1-9(2)7-11-5-6-12(8-11)10(3)4;1-7(2)11-9-5-12(8(3)4)6-10(9)13;1-8(2)11-10-5-6-12(7-10)9(3)4/h10-12H,5-9H2,1-4H3;9-11,13H,5-8H2,1-4H3;10-11H,6-9H2,1-5H3;8-10H,5-7H2,1-4H3;9-11H,5-8H2,1-4H3;7-9,11H,5-6H2,1-4H3;8-11H,5-7H2,1-4H3/t12-;11-;12-;10-;11-;9-;10-/m1111110/s1. The molecule has 91 heavy (non-hydrogen) atoms. The first-order valence-corrected chi connectivity index (χ1v) is 38.7. The Kier molecular flexibility index (Phi) is 36.5. The van der Waals surface area contributed by atoms with Gasteiger partial charge in [0.1, 0.15) is 0 Å². The third-order valence-corrected chi connectivity index (χ3v) is 21.8. The molecule has 0 amide bonds. The number of ketones is 2. The van der Waals surface area contributed by atoms with Crippen LogP contribution >= 0.6 is 0 Å². The van der Waals surface area contributed by atoms with E-state index < -0.39 is 0 Å². The minimum absolute atomic E-state index is 0.0578. The summed E-state index contributed by atoms with van der Waals surface area (Å²) < 4.78 is 0. The number of rotatable bonds is 21. The van der Waals surface area contributed by atoms with Crippen molar-refractivity contribution >= 4 is 11.6 Å². The molecule has 12 heteroatoms. The Balaban J connectivity index is 0.000000277. The zero-order valence-electron chi connectivity index (χ0n) is 66.2. The van der Waals surface area contributed by atoms with Gasteiger partial charge in [-0.2, -0.15) is 0 Å². The van der Waals surface area contributed by atoms with Crippen molar-refractivity contribution in [2.24, 2.45) is 57.7 Å². The van der Waals surface area contributed by atoms with Crippen molar-refractivity contribution in [1.29, 1.82) is 0 Å². The molecule has 7 heterocycles. The smallest absolute Gasteiger partial charge is 0.164 e. The van der Waals surface area contributed by atoms with Crippen LogP contribution in [-0.4, -0.2) is 216 Å². The summed E-state index contributed by atoms with van der Waals surface area (Å²) in [7, 11) is 0. The van der Waals surface area contributed by atoms with Crippen molar-refractivity contribution in [3.63, 3.8) is 0 Å². The molecule has 9 aliphatic rings. The second-order valence-electron chi connectivity index (χ2n) is 36.1. The molecule has 9 rings (SSSR count). The van der Waals surface area contributed by atoms with E-state index in [1.54, 1.807) is 0 Å². The van der Waals surface area contributed by atoms with Crippen LogP contribution in [0.5, 0.6) is 0 Å². The van der Waals surface area contributed by atoms with Gasteiger partial charge < -0.3 is 30.7 Å². The number of likely N-dealkylation sites (tertiary alicyclic amines) is 7. The lowest BCUT2D eigenvalue weighted by molar-refractivity contribution is -0.120. The van der Waals surface area contributed by atoms with Crippen LogP contribution in [0.3, 0.4) is 0 Å². The second-order valence-corrected chi connectivity index (χ2v) is 36.1. The Morgan fingerprint density at radius 1 is 0.385 bits per heavy atom. The molecule has 12 nitrogen and oxygen atoms in total. The number of carbonyl (C=O) groups excluding carboxylic acids is 2.